The molecular formula is C15H22N2O2. The number of hydrogen-bond acceptors (Lipinski definition) is 3. The Bertz CT molecular complexity index is 424. The average molecular weight is 262 g/mol. The second-order valence-electron chi connectivity index (χ2n) is 5.66. The average Bonchev–Trinajstić information content (AvgIpc) is 2.28. The van der Waals surface area contributed by atoms with E-state index < -0.39 is 12.0 Å². The second kappa shape index (κ2) is 6.15. The van der Waals surface area contributed by atoms with Gasteiger partial charge in [0.15, 0.2) is 0 Å². The van der Waals surface area contributed by atoms with Crippen LogP contribution in [0.3, 0.4) is 0 Å². The summed E-state index contributed by atoms with van der Waals surface area (Å²) in [5.41, 5.74) is 2.21. The van der Waals surface area contributed by atoms with Crippen LogP contribution in [-0.2, 0) is 11.3 Å². The molecule has 1 fully saturated rings. The van der Waals surface area contributed by atoms with Gasteiger partial charge in [-0.15, -0.1) is 0 Å². The molecule has 1 aliphatic carbocycles. The van der Waals surface area contributed by atoms with Crippen LogP contribution in [0.1, 0.15) is 50.3 Å². The van der Waals surface area contributed by atoms with Gasteiger partial charge in [-0.3, -0.25) is 9.78 Å². The minimum absolute atomic E-state index is 0.0692. The summed E-state index contributed by atoms with van der Waals surface area (Å²) in [6.07, 6.45) is 5.67. The zero-order valence-electron chi connectivity index (χ0n) is 11.6. The summed E-state index contributed by atoms with van der Waals surface area (Å²) in [6.45, 7) is 4.36. The maximum absolute atomic E-state index is 11.1. The van der Waals surface area contributed by atoms with Gasteiger partial charge in [0, 0.05) is 24.4 Å². The molecule has 0 saturated heterocycles. The molecule has 0 amide bonds. The SMILES string of the molecule is CC(C)[C@@H](NCc1ccc(C2CCC2)nc1)C(=O)O. The van der Waals surface area contributed by atoms with Crippen molar-refractivity contribution >= 4 is 5.97 Å². The molecule has 2 N–H and O–H groups in total. The predicted molar refractivity (Wildman–Crippen MR) is 73.9 cm³/mol. The third-order valence-corrected chi connectivity index (χ3v) is 3.83. The van der Waals surface area contributed by atoms with E-state index in [2.05, 4.69) is 16.4 Å². The van der Waals surface area contributed by atoms with Gasteiger partial charge >= 0.3 is 5.97 Å². The Labute approximate surface area is 114 Å². The van der Waals surface area contributed by atoms with Crippen molar-refractivity contribution in [1.29, 1.82) is 0 Å². The zero-order valence-corrected chi connectivity index (χ0v) is 11.6. The fourth-order valence-electron chi connectivity index (χ4n) is 2.32. The summed E-state index contributed by atoms with van der Waals surface area (Å²) in [5, 5.41) is 12.2. The molecule has 1 aliphatic rings. The van der Waals surface area contributed by atoms with Gasteiger partial charge in [0.05, 0.1) is 0 Å². The number of nitrogens with one attached hydrogen (secondary N) is 1. The lowest BCUT2D eigenvalue weighted by atomic mass is 9.82. The summed E-state index contributed by atoms with van der Waals surface area (Å²) in [4.78, 5) is 15.6. The molecule has 0 aliphatic heterocycles. The molecule has 4 nitrogen and oxygen atoms in total. The molecule has 1 aromatic rings. The highest BCUT2D eigenvalue weighted by atomic mass is 16.4. The summed E-state index contributed by atoms with van der Waals surface area (Å²) in [7, 11) is 0. The molecule has 2 rings (SSSR count). The van der Waals surface area contributed by atoms with Crippen LogP contribution >= 0.6 is 0 Å². The Hall–Kier alpha value is -1.42. The van der Waals surface area contributed by atoms with Gasteiger partial charge in [-0.1, -0.05) is 26.3 Å². The highest BCUT2D eigenvalue weighted by molar-refractivity contribution is 5.73. The molecule has 4 heteroatoms. The van der Waals surface area contributed by atoms with Crippen LogP contribution in [-0.4, -0.2) is 22.1 Å². The molecule has 19 heavy (non-hydrogen) atoms. The summed E-state index contributed by atoms with van der Waals surface area (Å²) in [6, 6.07) is 3.62. The maximum Gasteiger partial charge on any atom is 0.320 e. The van der Waals surface area contributed by atoms with Crippen LogP contribution in [0.15, 0.2) is 18.3 Å². The van der Waals surface area contributed by atoms with E-state index in [4.69, 9.17) is 5.11 Å². The number of rotatable bonds is 6. The van der Waals surface area contributed by atoms with Crippen molar-refractivity contribution in [2.75, 3.05) is 0 Å². The lowest BCUT2D eigenvalue weighted by Gasteiger charge is -2.24. The Morgan fingerprint density at radius 2 is 2.21 bits per heavy atom. The van der Waals surface area contributed by atoms with Crippen LogP contribution in [0, 0.1) is 5.92 Å². The Kier molecular flexibility index (Phi) is 4.53. The minimum atomic E-state index is -0.797. The van der Waals surface area contributed by atoms with Gasteiger partial charge in [0.25, 0.3) is 0 Å². The van der Waals surface area contributed by atoms with Gasteiger partial charge in [0.1, 0.15) is 6.04 Å². The number of carboxylic acids is 1. The van der Waals surface area contributed by atoms with Gasteiger partial charge in [0.2, 0.25) is 0 Å². The monoisotopic (exact) mass is 262 g/mol. The molecule has 0 bridgehead atoms. The van der Waals surface area contributed by atoms with E-state index in [0.29, 0.717) is 12.5 Å². The van der Waals surface area contributed by atoms with Crippen LogP contribution in [0.5, 0.6) is 0 Å². The van der Waals surface area contributed by atoms with Crippen molar-refractivity contribution in [3.05, 3.63) is 29.6 Å². The first-order valence-corrected chi connectivity index (χ1v) is 6.99. The third kappa shape index (κ3) is 3.53. The highest BCUT2D eigenvalue weighted by Gasteiger charge is 2.21. The predicted octanol–water partition coefficient (Wildman–Crippen LogP) is 2.55. The van der Waals surface area contributed by atoms with E-state index in [1.165, 1.54) is 25.0 Å². The number of carbonyl (C=O) groups is 1. The molecule has 0 unspecified atom stereocenters. The number of carboxylic acid groups (broad SMARTS) is 1. The number of pyridine rings is 1. The van der Waals surface area contributed by atoms with Crippen LogP contribution < -0.4 is 5.32 Å². The van der Waals surface area contributed by atoms with E-state index in [0.717, 1.165) is 5.56 Å². The van der Waals surface area contributed by atoms with Crippen molar-refractivity contribution in [2.24, 2.45) is 5.92 Å². The van der Waals surface area contributed by atoms with Gasteiger partial charge in [-0.25, -0.2) is 0 Å². The van der Waals surface area contributed by atoms with E-state index in [-0.39, 0.29) is 5.92 Å². The first-order valence-electron chi connectivity index (χ1n) is 6.99. The molecular weight excluding hydrogens is 240 g/mol. The van der Waals surface area contributed by atoms with Crippen LogP contribution in [0.25, 0.3) is 0 Å². The molecule has 1 saturated carbocycles. The largest absolute Gasteiger partial charge is 0.480 e. The molecule has 1 aromatic heterocycles. The topological polar surface area (TPSA) is 62.2 Å². The second-order valence-corrected chi connectivity index (χ2v) is 5.66. The fraction of sp³-hybridized carbons (Fsp3) is 0.600. The Morgan fingerprint density at radius 1 is 1.47 bits per heavy atom. The summed E-state index contributed by atoms with van der Waals surface area (Å²) >= 11 is 0. The van der Waals surface area contributed by atoms with Crippen molar-refractivity contribution in [1.82, 2.24) is 10.3 Å². The minimum Gasteiger partial charge on any atom is -0.480 e. The van der Waals surface area contributed by atoms with Gasteiger partial charge in [-0.05, 0) is 30.4 Å². The van der Waals surface area contributed by atoms with E-state index >= 15 is 0 Å². The van der Waals surface area contributed by atoms with E-state index in [1.807, 2.05) is 26.1 Å². The molecule has 1 heterocycles. The number of nitrogens with zero attached hydrogens (tertiary/aromatic N) is 1. The summed E-state index contributed by atoms with van der Waals surface area (Å²) in [5.74, 6) is -0.0850. The van der Waals surface area contributed by atoms with E-state index in [1.54, 1.807) is 0 Å². The lowest BCUT2D eigenvalue weighted by Crippen LogP contribution is -2.40. The van der Waals surface area contributed by atoms with Crippen molar-refractivity contribution in [3.63, 3.8) is 0 Å². The lowest BCUT2D eigenvalue weighted by molar-refractivity contribution is -0.140. The normalized spacial score (nSPS) is 17.2. The highest BCUT2D eigenvalue weighted by Crippen LogP contribution is 2.34. The standard InChI is InChI=1S/C15H22N2O2/c1-10(2)14(15(18)19)17-9-11-6-7-13(16-8-11)12-4-3-5-12/h6-8,10,12,14,17H,3-5,9H2,1-2H3,(H,18,19)/t14-/m1/s1. The summed E-state index contributed by atoms with van der Waals surface area (Å²) < 4.78 is 0. The molecule has 0 radical (unpaired) electrons. The Balaban J connectivity index is 1.90. The number of aromatic nitrogens is 1. The molecule has 0 aromatic carbocycles. The van der Waals surface area contributed by atoms with Crippen molar-refractivity contribution < 1.29 is 9.90 Å². The molecule has 1 atom stereocenters. The van der Waals surface area contributed by atoms with Crippen LogP contribution in [0.2, 0.25) is 0 Å². The van der Waals surface area contributed by atoms with Gasteiger partial charge in [-0.2, -0.15) is 0 Å². The smallest absolute Gasteiger partial charge is 0.320 e. The van der Waals surface area contributed by atoms with E-state index in [9.17, 15) is 4.79 Å². The third-order valence-electron chi connectivity index (χ3n) is 3.83. The quantitative estimate of drug-likeness (QED) is 0.827. The van der Waals surface area contributed by atoms with Gasteiger partial charge < -0.3 is 10.4 Å². The van der Waals surface area contributed by atoms with Crippen molar-refractivity contribution in [3.8, 4) is 0 Å². The molecule has 0 spiro atoms. The first-order chi connectivity index (χ1) is 9.08. The number of hydrogen-bond donors (Lipinski definition) is 2. The number of aliphatic carboxylic acids is 1. The zero-order chi connectivity index (χ0) is 13.8. The first kappa shape index (κ1) is 14.0. The molecule has 104 valence electrons. The fourth-order valence-corrected chi connectivity index (χ4v) is 2.32. The van der Waals surface area contributed by atoms with Crippen LogP contribution in [0.4, 0.5) is 0 Å². The van der Waals surface area contributed by atoms with Crippen molar-refractivity contribution in [2.45, 2.75) is 51.6 Å². The Morgan fingerprint density at radius 3 is 2.63 bits per heavy atom. The maximum atomic E-state index is 11.1.